The van der Waals surface area contributed by atoms with E-state index in [2.05, 4.69) is 42.3 Å². The van der Waals surface area contributed by atoms with Crippen LogP contribution >= 0.6 is 31.9 Å². The highest BCUT2D eigenvalue weighted by Crippen LogP contribution is 2.38. The first-order chi connectivity index (χ1) is 18.2. The zero-order valence-corrected chi connectivity index (χ0v) is 24.6. The molecule has 3 aromatic carbocycles. The molecule has 1 heterocycles. The quantitative estimate of drug-likeness (QED) is 0.268. The highest BCUT2D eigenvalue weighted by Gasteiger charge is 2.28. The Kier molecular flexibility index (Phi) is 8.69. The van der Waals surface area contributed by atoms with Gasteiger partial charge in [-0.3, -0.25) is 9.59 Å². The minimum absolute atomic E-state index is 0.211. The van der Waals surface area contributed by atoms with Crippen LogP contribution in [0.3, 0.4) is 0 Å². The van der Waals surface area contributed by atoms with Crippen LogP contribution in [0.25, 0.3) is 6.08 Å². The predicted molar refractivity (Wildman–Crippen MR) is 158 cm³/mol. The molecule has 0 saturated heterocycles. The van der Waals surface area contributed by atoms with Crippen LogP contribution in [0.5, 0.6) is 11.5 Å². The van der Waals surface area contributed by atoms with Gasteiger partial charge in [0, 0.05) is 4.47 Å². The largest absolute Gasteiger partial charge is 0.490 e. The topological polar surface area (TPSA) is 80.2 Å². The van der Waals surface area contributed by atoms with Gasteiger partial charge in [0.1, 0.15) is 0 Å². The van der Waals surface area contributed by atoms with Crippen molar-refractivity contribution in [2.24, 2.45) is 5.10 Å². The second kappa shape index (κ2) is 12.0. The molecule has 0 saturated carbocycles. The molecule has 2 amide bonds. The lowest BCUT2D eigenvalue weighted by Crippen LogP contribution is -2.21. The van der Waals surface area contributed by atoms with Crippen molar-refractivity contribution >= 4 is 66.8 Å². The fraction of sp³-hybridized carbons (Fsp3) is 0.207. The molecule has 0 fully saturated rings. The Labute approximate surface area is 238 Å². The van der Waals surface area contributed by atoms with Crippen LogP contribution in [0.15, 0.2) is 74.2 Å². The Morgan fingerprint density at radius 2 is 1.71 bits per heavy atom. The lowest BCUT2D eigenvalue weighted by molar-refractivity contribution is -0.118. The minimum atomic E-state index is -0.307. The van der Waals surface area contributed by atoms with Crippen LogP contribution in [-0.4, -0.2) is 30.7 Å². The first-order valence-corrected chi connectivity index (χ1v) is 13.6. The van der Waals surface area contributed by atoms with E-state index in [9.17, 15) is 9.59 Å². The van der Waals surface area contributed by atoms with E-state index in [-0.39, 0.29) is 18.4 Å². The second-order valence-electron chi connectivity index (χ2n) is 8.71. The van der Waals surface area contributed by atoms with Gasteiger partial charge in [-0.05, 0) is 119 Å². The summed E-state index contributed by atoms with van der Waals surface area (Å²) < 4.78 is 13.1. The number of nitrogens with one attached hydrogen (secondary N) is 1. The molecule has 7 nitrogen and oxygen atoms in total. The van der Waals surface area contributed by atoms with Gasteiger partial charge < -0.3 is 14.8 Å². The maximum atomic E-state index is 13.1. The number of anilines is 2. The van der Waals surface area contributed by atoms with Crippen LogP contribution < -0.4 is 19.8 Å². The summed E-state index contributed by atoms with van der Waals surface area (Å²) in [6.07, 6.45) is 1.77. The summed E-state index contributed by atoms with van der Waals surface area (Å²) >= 11 is 7.04. The van der Waals surface area contributed by atoms with Crippen molar-refractivity contribution in [2.45, 2.75) is 27.7 Å². The summed E-state index contributed by atoms with van der Waals surface area (Å²) in [5.74, 6) is 0.336. The number of carbonyl (C=O) groups excluding carboxylic acids is 2. The number of hydrogen-bond donors (Lipinski definition) is 1. The van der Waals surface area contributed by atoms with Crippen molar-refractivity contribution in [2.75, 3.05) is 23.5 Å². The van der Waals surface area contributed by atoms with E-state index in [0.29, 0.717) is 45.2 Å². The predicted octanol–water partition coefficient (Wildman–Crippen LogP) is 7.05. The number of amides is 2. The summed E-state index contributed by atoms with van der Waals surface area (Å²) in [6, 6.07) is 16.7. The summed E-state index contributed by atoms with van der Waals surface area (Å²) in [5.41, 5.74) is 5.40. The van der Waals surface area contributed by atoms with E-state index in [1.807, 2.05) is 69.3 Å². The molecule has 3 aromatic rings. The number of hydrazone groups is 1. The summed E-state index contributed by atoms with van der Waals surface area (Å²) in [5, 5.41) is 8.70. The maximum Gasteiger partial charge on any atom is 0.280 e. The molecule has 38 heavy (non-hydrogen) atoms. The lowest BCUT2D eigenvalue weighted by Gasteiger charge is -2.15. The Hall–Kier alpha value is -3.43. The van der Waals surface area contributed by atoms with E-state index >= 15 is 0 Å². The average Bonchev–Trinajstić information content (AvgIpc) is 3.16. The summed E-state index contributed by atoms with van der Waals surface area (Å²) in [6.45, 7) is 7.84. The van der Waals surface area contributed by atoms with Crippen LogP contribution in [0, 0.1) is 13.8 Å². The third-order valence-corrected chi connectivity index (χ3v) is 7.16. The zero-order valence-electron chi connectivity index (χ0n) is 21.5. The number of nitrogens with zero attached hydrogens (tertiary/aromatic N) is 2. The molecular formula is C29H27Br2N3O4. The Bertz CT molecular complexity index is 1450. The van der Waals surface area contributed by atoms with Crippen molar-refractivity contribution in [3.05, 3.63) is 85.8 Å². The van der Waals surface area contributed by atoms with Crippen LogP contribution in [0.1, 0.15) is 30.5 Å². The van der Waals surface area contributed by atoms with Gasteiger partial charge >= 0.3 is 0 Å². The van der Waals surface area contributed by atoms with Gasteiger partial charge in [-0.2, -0.15) is 10.1 Å². The Morgan fingerprint density at radius 3 is 2.42 bits per heavy atom. The van der Waals surface area contributed by atoms with Crippen molar-refractivity contribution in [3.8, 4) is 11.5 Å². The van der Waals surface area contributed by atoms with Crippen molar-refractivity contribution < 1.29 is 19.1 Å². The number of ether oxygens (including phenoxy) is 2. The zero-order chi connectivity index (χ0) is 27.4. The van der Waals surface area contributed by atoms with Gasteiger partial charge in [0.2, 0.25) is 0 Å². The standard InChI is InChI=1S/C29H27Br2N3O4/c1-5-37-26-15-20(13-22-19(4)33-34(29(22)36)21-9-7-6-8-10-21)14-24(31)28(26)38-16-27(35)32-25-12-18(3)17(2)11-23(25)30/h6-15H,5,16H2,1-4H3,(H,32,35)/b22-13+. The molecule has 1 N–H and O–H groups in total. The number of rotatable bonds is 8. The highest BCUT2D eigenvalue weighted by atomic mass is 79.9. The minimum Gasteiger partial charge on any atom is -0.490 e. The van der Waals surface area contributed by atoms with Gasteiger partial charge in [0.25, 0.3) is 11.8 Å². The first-order valence-electron chi connectivity index (χ1n) is 12.0. The molecule has 1 aliphatic heterocycles. The third-order valence-electron chi connectivity index (χ3n) is 5.91. The Morgan fingerprint density at radius 1 is 1.00 bits per heavy atom. The number of halogens is 2. The molecule has 0 aromatic heterocycles. The molecule has 0 atom stereocenters. The fourth-order valence-electron chi connectivity index (χ4n) is 3.87. The normalized spacial score (nSPS) is 14.1. The molecule has 1 aliphatic rings. The van der Waals surface area contributed by atoms with Crippen LogP contribution in [-0.2, 0) is 9.59 Å². The average molecular weight is 641 g/mol. The van der Waals surface area contributed by atoms with E-state index in [1.165, 1.54) is 5.01 Å². The molecule has 9 heteroatoms. The number of para-hydroxylation sites is 1. The van der Waals surface area contributed by atoms with Crippen molar-refractivity contribution in [1.82, 2.24) is 0 Å². The van der Waals surface area contributed by atoms with Gasteiger partial charge in [0.05, 0.1) is 33.7 Å². The van der Waals surface area contributed by atoms with Gasteiger partial charge in [-0.1, -0.05) is 18.2 Å². The molecule has 4 rings (SSSR count). The van der Waals surface area contributed by atoms with Gasteiger partial charge in [-0.15, -0.1) is 0 Å². The van der Waals surface area contributed by atoms with Gasteiger partial charge in [-0.25, -0.2) is 0 Å². The summed E-state index contributed by atoms with van der Waals surface area (Å²) in [7, 11) is 0. The third kappa shape index (κ3) is 6.16. The van der Waals surface area contributed by atoms with Gasteiger partial charge in [0.15, 0.2) is 18.1 Å². The van der Waals surface area contributed by atoms with Crippen LogP contribution in [0.2, 0.25) is 0 Å². The molecule has 0 bridgehead atoms. The van der Waals surface area contributed by atoms with Crippen LogP contribution in [0.4, 0.5) is 11.4 Å². The number of benzene rings is 3. The molecule has 196 valence electrons. The van der Waals surface area contributed by atoms with Crippen molar-refractivity contribution in [1.29, 1.82) is 0 Å². The monoisotopic (exact) mass is 639 g/mol. The number of carbonyl (C=O) groups is 2. The highest BCUT2D eigenvalue weighted by molar-refractivity contribution is 9.11. The molecule has 0 aliphatic carbocycles. The molecule has 0 unspecified atom stereocenters. The van der Waals surface area contributed by atoms with E-state index in [4.69, 9.17) is 9.47 Å². The molecule has 0 radical (unpaired) electrons. The summed E-state index contributed by atoms with van der Waals surface area (Å²) in [4.78, 5) is 25.8. The number of hydrogen-bond acceptors (Lipinski definition) is 5. The smallest absolute Gasteiger partial charge is 0.280 e. The number of aryl methyl sites for hydroxylation is 2. The van der Waals surface area contributed by atoms with E-state index in [0.717, 1.165) is 21.2 Å². The molecule has 0 spiro atoms. The van der Waals surface area contributed by atoms with Crippen molar-refractivity contribution in [3.63, 3.8) is 0 Å². The maximum absolute atomic E-state index is 13.1. The van der Waals surface area contributed by atoms with E-state index < -0.39 is 0 Å². The lowest BCUT2D eigenvalue weighted by atomic mass is 10.1. The molecular weight excluding hydrogens is 614 g/mol. The SMILES string of the molecule is CCOc1cc(/C=C2/C(=O)N(c3ccccc3)N=C2C)cc(Br)c1OCC(=O)Nc1cc(C)c(C)cc1Br. The van der Waals surface area contributed by atoms with E-state index in [1.54, 1.807) is 19.1 Å². The first kappa shape index (κ1) is 27.6. The Balaban J connectivity index is 1.53. The second-order valence-corrected chi connectivity index (χ2v) is 10.4. The fourth-order valence-corrected chi connectivity index (χ4v) is 5.00.